The zero-order valence-electron chi connectivity index (χ0n) is 8.47. The van der Waals surface area contributed by atoms with Gasteiger partial charge in [0.1, 0.15) is 6.04 Å². The van der Waals surface area contributed by atoms with Gasteiger partial charge in [-0.25, -0.2) is 9.59 Å². The molecule has 0 unspecified atom stereocenters. The van der Waals surface area contributed by atoms with E-state index in [0.717, 1.165) is 4.90 Å². The number of urea groups is 1. The van der Waals surface area contributed by atoms with E-state index >= 15 is 0 Å². The Labute approximate surface area is 87.0 Å². The van der Waals surface area contributed by atoms with Crippen LogP contribution in [0.15, 0.2) is 0 Å². The highest BCUT2D eigenvalue weighted by atomic mass is 16.4. The molecule has 3 amide bonds. The number of carbonyl (C=O) groups excluding carboxylic acids is 2. The Morgan fingerprint density at radius 3 is 2.13 bits per heavy atom. The maximum Gasteiger partial charge on any atom is 0.326 e. The smallest absolute Gasteiger partial charge is 0.326 e. The Kier molecular flexibility index (Phi) is 5.14. The number of hydrogen-bond donors (Lipinski definition) is 3. The van der Waals surface area contributed by atoms with Crippen LogP contribution in [0.1, 0.15) is 19.8 Å². The summed E-state index contributed by atoms with van der Waals surface area (Å²) in [6.45, 7) is 1.77. The fourth-order valence-electron chi connectivity index (χ4n) is 1.22. The van der Waals surface area contributed by atoms with Gasteiger partial charge in [0.05, 0.1) is 0 Å². The third-order valence-corrected chi connectivity index (χ3v) is 1.95. The van der Waals surface area contributed by atoms with E-state index in [1.54, 1.807) is 6.92 Å². The van der Waals surface area contributed by atoms with Gasteiger partial charge in [-0.2, -0.15) is 0 Å². The van der Waals surface area contributed by atoms with Crippen LogP contribution in [0.5, 0.6) is 0 Å². The molecule has 0 saturated carbocycles. The molecule has 0 fully saturated rings. The maximum atomic E-state index is 10.9. The highest BCUT2D eigenvalue weighted by Gasteiger charge is 2.27. The number of aliphatic carboxylic acids is 1. The van der Waals surface area contributed by atoms with E-state index < -0.39 is 23.9 Å². The van der Waals surface area contributed by atoms with Crippen LogP contribution in [0, 0.1) is 0 Å². The molecule has 5 N–H and O–H groups in total. The molecular formula is C8H15N3O4. The zero-order chi connectivity index (χ0) is 12.0. The molecule has 0 aromatic rings. The lowest BCUT2D eigenvalue weighted by Crippen LogP contribution is -2.47. The number of carboxylic acid groups (broad SMARTS) is 1. The number of nitrogens with two attached hydrogens (primary N) is 2. The lowest BCUT2D eigenvalue weighted by molar-refractivity contribution is -0.142. The predicted molar refractivity (Wildman–Crippen MR) is 51.8 cm³/mol. The average molecular weight is 217 g/mol. The van der Waals surface area contributed by atoms with Crippen LogP contribution in [0.25, 0.3) is 0 Å². The van der Waals surface area contributed by atoms with Crippen LogP contribution in [0.4, 0.5) is 4.79 Å². The molecule has 0 rings (SSSR count). The van der Waals surface area contributed by atoms with Crippen molar-refractivity contribution < 1.29 is 19.5 Å². The molecule has 0 aliphatic heterocycles. The van der Waals surface area contributed by atoms with Crippen molar-refractivity contribution >= 4 is 17.9 Å². The van der Waals surface area contributed by atoms with Gasteiger partial charge in [-0.1, -0.05) is 0 Å². The van der Waals surface area contributed by atoms with Crippen molar-refractivity contribution in [2.75, 3.05) is 6.54 Å². The summed E-state index contributed by atoms with van der Waals surface area (Å²) in [5.74, 6) is -1.81. The number of likely N-dealkylation sites (N-methyl/N-ethyl adjacent to an activating group) is 1. The first-order valence-corrected chi connectivity index (χ1v) is 4.47. The molecule has 0 aromatic heterocycles. The number of nitrogens with zero attached hydrogens (tertiary/aromatic N) is 1. The van der Waals surface area contributed by atoms with Crippen molar-refractivity contribution in [2.24, 2.45) is 11.5 Å². The summed E-state index contributed by atoms with van der Waals surface area (Å²) in [4.78, 5) is 33.2. The van der Waals surface area contributed by atoms with E-state index in [1.165, 1.54) is 0 Å². The summed E-state index contributed by atoms with van der Waals surface area (Å²) in [5, 5.41) is 8.83. The molecule has 1 atom stereocenters. The average Bonchev–Trinajstić information content (AvgIpc) is 2.10. The number of primary amides is 2. The first-order valence-electron chi connectivity index (χ1n) is 4.47. The van der Waals surface area contributed by atoms with Gasteiger partial charge in [0.25, 0.3) is 0 Å². The summed E-state index contributed by atoms with van der Waals surface area (Å²) in [7, 11) is 0. The maximum absolute atomic E-state index is 10.9. The van der Waals surface area contributed by atoms with Crippen LogP contribution in [-0.2, 0) is 9.59 Å². The van der Waals surface area contributed by atoms with Crippen LogP contribution >= 0.6 is 0 Å². The molecule has 7 heteroatoms. The predicted octanol–water partition coefficient (Wildman–Crippen LogP) is -0.894. The first-order chi connectivity index (χ1) is 6.90. The third kappa shape index (κ3) is 4.30. The highest BCUT2D eigenvalue weighted by molar-refractivity contribution is 5.82. The van der Waals surface area contributed by atoms with Gasteiger partial charge in [-0.05, 0) is 13.3 Å². The van der Waals surface area contributed by atoms with Gasteiger partial charge in [-0.15, -0.1) is 0 Å². The molecular weight excluding hydrogens is 202 g/mol. The summed E-state index contributed by atoms with van der Waals surface area (Å²) in [6, 6.07) is -1.92. The Balaban J connectivity index is 4.55. The third-order valence-electron chi connectivity index (χ3n) is 1.95. The SMILES string of the molecule is CCN(C(N)=O)[C@@H](CCC(N)=O)C(=O)O. The lowest BCUT2D eigenvalue weighted by atomic mass is 10.1. The van der Waals surface area contributed by atoms with Crippen molar-refractivity contribution in [2.45, 2.75) is 25.8 Å². The van der Waals surface area contributed by atoms with E-state index in [0.29, 0.717) is 0 Å². The highest BCUT2D eigenvalue weighted by Crippen LogP contribution is 2.07. The van der Waals surface area contributed by atoms with E-state index in [-0.39, 0.29) is 19.4 Å². The van der Waals surface area contributed by atoms with Crippen LogP contribution < -0.4 is 11.5 Å². The Hall–Kier alpha value is -1.79. The molecule has 15 heavy (non-hydrogen) atoms. The van der Waals surface area contributed by atoms with Crippen molar-refractivity contribution in [1.29, 1.82) is 0 Å². The minimum Gasteiger partial charge on any atom is -0.480 e. The van der Waals surface area contributed by atoms with Gasteiger partial charge in [0.2, 0.25) is 5.91 Å². The van der Waals surface area contributed by atoms with Gasteiger partial charge < -0.3 is 21.5 Å². The number of amides is 3. The minimum absolute atomic E-state index is 0.0263. The molecule has 0 saturated heterocycles. The van der Waals surface area contributed by atoms with Gasteiger partial charge in [-0.3, -0.25) is 4.79 Å². The molecule has 0 radical (unpaired) electrons. The summed E-state index contributed by atoms with van der Waals surface area (Å²) < 4.78 is 0. The van der Waals surface area contributed by atoms with Crippen molar-refractivity contribution in [3.8, 4) is 0 Å². The van der Waals surface area contributed by atoms with Crippen molar-refractivity contribution in [3.05, 3.63) is 0 Å². The largest absolute Gasteiger partial charge is 0.480 e. The topological polar surface area (TPSA) is 127 Å². The summed E-state index contributed by atoms with van der Waals surface area (Å²) in [5.41, 5.74) is 9.89. The lowest BCUT2D eigenvalue weighted by Gasteiger charge is -2.25. The standard InChI is InChI=1S/C8H15N3O4/c1-2-11(8(10)15)5(7(13)14)3-4-6(9)12/h5H,2-4H2,1H3,(H2,9,12)(H2,10,15)(H,13,14)/t5-/m0/s1. The zero-order valence-corrected chi connectivity index (χ0v) is 8.47. The molecule has 7 nitrogen and oxygen atoms in total. The van der Waals surface area contributed by atoms with Gasteiger partial charge in [0.15, 0.2) is 0 Å². The van der Waals surface area contributed by atoms with Gasteiger partial charge >= 0.3 is 12.0 Å². The number of hydrogen-bond acceptors (Lipinski definition) is 3. The normalized spacial score (nSPS) is 11.8. The second kappa shape index (κ2) is 5.84. The Morgan fingerprint density at radius 1 is 1.33 bits per heavy atom. The van der Waals surface area contributed by atoms with E-state index in [2.05, 4.69) is 0 Å². The molecule has 0 heterocycles. The summed E-state index contributed by atoms with van der Waals surface area (Å²) in [6.07, 6.45) is -0.123. The van der Waals surface area contributed by atoms with Crippen LogP contribution in [-0.4, -0.2) is 40.5 Å². The Morgan fingerprint density at radius 2 is 1.87 bits per heavy atom. The van der Waals surface area contributed by atoms with E-state index in [4.69, 9.17) is 16.6 Å². The van der Waals surface area contributed by atoms with Crippen molar-refractivity contribution in [3.63, 3.8) is 0 Å². The fraction of sp³-hybridized carbons (Fsp3) is 0.625. The second-order valence-electron chi connectivity index (χ2n) is 2.98. The molecule has 0 spiro atoms. The summed E-state index contributed by atoms with van der Waals surface area (Å²) >= 11 is 0. The number of carbonyl (C=O) groups is 3. The van der Waals surface area contributed by atoms with Gasteiger partial charge in [0, 0.05) is 13.0 Å². The molecule has 0 aromatic carbocycles. The quantitative estimate of drug-likeness (QED) is 0.533. The molecule has 0 bridgehead atoms. The molecule has 86 valence electrons. The first kappa shape index (κ1) is 13.2. The van der Waals surface area contributed by atoms with Crippen LogP contribution in [0.2, 0.25) is 0 Å². The number of carboxylic acids is 1. The number of rotatable bonds is 6. The van der Waals surface area contributed by atoms with E-state index in [1.807, 2.05) is 0 Å². The minimum atomic E-state index is -1.20. The second-order valence-corrected chi connectivity index (χ2v) is 2.98. The molecule has 0 aliphatic carbocycles. The van der Waals surface area contributed by atoms with E-state index in [9.17, 15) is 14.4 Å². The fourth-order valence-corrected chi connectivity index (χ4v) is 1.22. The van der Waals surface area contributed by atoms with Crippen LogP contribution in [0.3, 0.4) is 0 Å². The Bertz CT molecular complexity index is 267. The molecule has 0 aliphatic rings. The van der Waals surface area contributed by atoms with Crippen molar-refractivity contribution in [1.82, 2.24) is 4.90 Å². The monoisotopic (exact) mass is 217 g/mol.